The summed E-state index contributed by atoms with van der Waals surface area (Å²) in [5.41, 5.74) is 5.17. The van der Waals surface area contributed by atoms with E-state index in [9.17, 15) is 9.59 Å². The van der Waals surface area contributed by atoms with Crippen molar-refractivity contribution in [1.82, 2.24) is 10.3 Å². The van der Waals surface area contributed by atoms with Gasteiger partial charge in [0.15, 0.2) is 0 Å². The fourth-order valence-electron chi connectivity index (χ4n) is 3.88. The van der Waals surface area contributed by atoms with Gasteiger partial charge in [-0.15, -0.1) is 0 Å². The summed E-state index contributed by atoms with van der Waals surface area (Å²) in [6, 6.07) is 18.9. The number of hydrogen-bond acceptors (Lipinski definition) is 4. The maximum atomic E-state index is 13.1. The van der Waals surface area contributed by atoms with Crippen LogP contribution in [0.1, 0.15) is 39.6 Å². The zero-order valence-corrected chi connectivity index (χ0v) is 18.0. The number of benzene rings is 2. The maximum absolute atomic E-state index is 13.1. The Balaban J connectivity index is 1.51. The van der Waals surface area contributed by atoms with Crippen molar-refractivity contribution in [1.29, 1.82) is 0 Å². The number of carbonyl (C=O) groups is 2. The summed E-state index contributed by atoms with van der Waals surface area (Å²) in [4.78, 5) is 34.1. The molecule has 2 amide bonds. The van der Waals surface area contributed by atoms with Crippen LogP contribution in [-0.2, 0) is 11.3 Å². The van der Waals surface area contributed by atoms with Crippen molar-refractivity contribution in [3.63, 3.8) is 0 Å². The Hall–Kier alpha value is -3.67. The lowest BCUT2D eigenvalue weighted by Gasteiger charge is -2.25. The second kappa shape index (κ2) is 8.60. The fourth-order valence-corrected chi connectivity index (χ4v) is 3.88. The number of nitrogens with zero attached hydrogens (tertiary/aromatic N) is 3. The van der Waals surface area contributed by atoms with Gasteiger partial charge in [0.05, 0.1) is 23.7 Å². The molecule has 2 aromatic carbocycles. The van der Waals surface area contributed by atoms with E-state index in [-0.39, 0.29) is 18.2 Å². The number of carbonyl (C=O) groups excluding carboxylic acids is 2. The molecule has 2 heterocycles. The predicted molar refractivity (Wildman–Crippen MR) is 122 cm³/mol. The lowest BCUT2D eigenvalue weighted by molar-refractivity contribution is -0.121. The Bertz CT molecular complexity index is 1110. The Morgan fingerprint density at radius 2 is 1.87 bits per heavy atom. The second-order valence-corrected chi connectivity index (χ2v) is 8.01. The van der Waals surface area contributed by atoms with E-state index in [1.54, 1.807) is 23.2 Å². The summed E-state index contributed by atoms with van der Waals surface area (Å²) >= 11 is 0. The highest BCUT2D eigenvalue weighted by molar-refractivity contribution is 6.11. The minimum Gasteiger partial charge on any atom is -0.378 e. The summed E-state index contributed by atoms with van der Waals surface area (Å²) in [5, 5.41) is 2.99. The first kappa shape index (κ1) is 20.6. The molecule has 0 aliphatic carbocycles. The number of anilines is 2. The average Bonchev–Trinajstić information content (AvgIpc) is 3.04. The Morgan fingerprint density at radius 1 is 1.10 bits per heavy atom. The monoisotopic (exact) mass is 414 g/mol. The number of nitrogens with one attached hydrogen (secondary N) is 1. The molecule has 1 aliphatic heterocycles. The highest BCUT2D eigenvalue weighted by atomic mass is 16.2. The van der Waals surface area contributed by atoms with Crippen LogP contribution in [0, 0.1) is 6.92 Å². The molecule has 0 spiro atoms. The molecule has 3 aromatic rings. The van der Waals surface area contributed by atoms with Crippen molar-refractivity contribution in [3.8, 4) is 0 Å². The first-order valence-corrected chi connectivity index (χ1v) is 10.3. The van der Waals surface area contributed by atoms with Crippen LogP contribution in [0.4, 0.5) is 11.4 Å². The molecule has 0 bridgehead atoms. The van der Waals surface area contributed by atoms with Crippen LogP contribution < -0.4 is 15.1 Å². The number of pyridine rings is 1. The molecule has 1 atom stereocenters. The predicted octanol–water partition coefficient (Wildman–Crippen LogP) is 3.86. The van der Waals surface area contributed by atoms with E-state index in [2.05, 4.69) is 10.3 Å². The van der Waals surface area contributed by atoms with Gasteiger partial charge >= 0.3 is 0 Å². The van der Waals surface area contributed by atoms with Crippen molar-refractivity contribution in [2.24, 2.45) is 0 Å². The minimum absolute atomic E-state index is 0.120. The number of hydrogen-bond donors (Lipinski definition) is 1. The first-order valence-electron chi connectivity index (χ1n) is 10.3. The van der Waals surface area contributed by atoms with Gasteiger partial charge in [0.1, 0.15) is 0 Å². The standard InChI is InChI=1S/C25H26N4O2/c1-17-6-4-7-20(14-17)29-22(24-21(25(29)31)8-5-13-26-24)15-23(30)27-16-18-9-11-19(12-10-18)28(2)3/h4-14,22H,15-16H2,1-3H3,(H,27,30)/t22-/m1/s1. The molecule has 6 heteroatoms. The summed E-state index contributed by atoms with van der Waals surface area (Å²) in [5.74, 6) is -0.239. The Labute approximate surface area is 182 Å². The molecule has 0 unspecified atom stereocenters. The highest BCUT2D eigenvalue weighted by Gasteiger charge is 2.39. The Morgan fingerprint density at radius 3 is 2.58 bits per heavy atom. The third-order valence-corrected chi connectivity index (χ3v) is 5.52. The van der Waals surface area contributed by atoms with Gasteiger partial charge in [-0.1, -0.05) is 24.3 Å². The van der Waals surface area contributed by atoms with Crippen LogP contribution in [0.25, 0.3) is 0 Å². The van der Waals surface area contributed by atoms with Crippen LogP contribution in [0.5, 0.6) is 0 Å². The zero-order valence-electron chi connectivity index (χ0n) is 18.0. The van der Waals surface area contributed by atoms with E-state index < -0.39 is 6.04 Å². The lowest BCUT2D eigenvalue weighted by Crippen LogP contribution is -2.33. The molecule has 4 rings (SSSR count). The minimum atomic E-state index is -0.429. The molecule has 0 radical (unpaired) electrons. The molecule has 0 fully saturated rings. The summed E-state index contributed by atoms with van der Waals surface area (Å²) in [6.45, 7) is 2.42. The smallest absolute Gasteiger partial charge is 0.260 e. The van der Waals surface area contributed by atoms with E-state index in [1.165, 1.54) is 0 Å². The molecule has 1 aromatic heterocycles. The quantitative estimate of drug-likeness (QED) is 0.665. The van der Waals surface area contributed by atoms with Crippen LogP contribution in [-0.4, -0.2) is 30.9 Å². The van der Waals surface area contributed by atoms with E-state index in [4.69, 9.17) is 0 Å². The third-order valence-electron chi connectivity index (χ3n) is 5.52. The van der Waals surface area contributed by atoms with Gasteiger partial charge in [-0.3, -0.25) is 19.5 Å². The van der Waals surface area contributed by atoms with E-state index in [1.807, 2.05) is 74.4 Å². The summed E-state index contributed by atoms with van der Waals surface area (Å²) in [7, 11) is 3.98. The van der Waals surface area contributed by atoms with Crippen LogP contribution >= 0.6 is 0 Å². The van der Waals surface area contributed by atoms with Crippen LogP contribution in [0.15, 0.2) is 66.9 Å². The number of fused-ring (bicyclic) bond motifs is 1. The maximum Gasteiger partial charge on any atom is 0.260 e. The third kappa shape index (κ3) is 4.28. The van der Waals surface area contributed by atoms with Crippen molar-refractivity contribution in [2.75, 3.05) is 23.9 Å². The normalized spacial score (nSPS) is 15.0. The fraction of sp³-hybridized carbons (Fsp3) is 0.240. The molecule has 6 nitrogen and oxygen atoms in total. The van der Waals surface area contributed by atoms with Gasteiger partial charge in [-0.25, -0.2) is 0 Å². The van der Waals surface area contributed by atoms with E-state index in [0.717, 1.165) is 22.5 Å². The lowest BCUT2D eigenvalue weighted by atomic mass is 10.1. The van der Waals surface area contributed by atoms with Crippen LogP contribution in [0.3, 0.4) is 0 Å². The molecule has 158 valence electrons. The topological polar surface area (TPSA) is 65.5 Å². The first-order chi connectivity index (χ1) is 14.9. The van der Waals surface area contributed by atoms with Gasteiger partial charge in [0.25, 0.3) is 5.91 Å². The summed E-state index contributed by atoms with van der Waals surface area (Å²) < 4.78 is 0. The number of rotatable bonds is 6. The van der Waals surface area contributed by atoms with E-state index in [0.29, 0.717) is 17.8 Å². The number of amides is 2. The molecule has 0 saturated heterocycles. The van der Waals surface area contributed by atoms with Gasteiger partial charge in [-0.2, -0.15) is 0 Å². The molecule has 1 aliphatic rings. The van der Waals surface area contributed by atoms with Crippen molar-refractivity contribution in [3.05, 3.63) is 89.2 Å². The second-order valence-electron chi connectivity index (χ2n) is 8.01. The van der Waals surface area contributed by atoms with Gasteiger partial charge in [-0.05, 0) is 54.4 Å². The van der Waals surface area contributed by atoms with Gasteiger partial charge < -0.3 is 10.2 Å². The molecule has 31 heavy (non-hydrogen) atoms. The zero-order chi connectivity index (χ0) is 22.0. The van der Waals surface area contributed by atoms with Crippen molar-refractivity contribution < 1.29 is 9.59 Å². The molecule has 1 N–H and O–H groups in total. The van der Waals surface area contributed by atoms with E-state index >= 15 is 0 Å². The Kier molecular flexibility index (Phi) is 5.71. The SMILES string of the molecule is Cc1cccc(N2C(=O)c3cccnc3[C@H]2CC(=O)NCc2ccc(N(C)C)cc2)c1. The van der Waals surface area contributed by atoms with Crippen molar-refractivity contribution in [2.45, 2.75) is 25.9 Å². The largest absolute Gasteiger partial charge is 0.378 e. The van der Waals surface area contributed by atoms with Crippen molar-refractivity contribution >= 4 is 23.2 Å². The van der Waals surface area contributed by atoms with Gasteiger partial charge in [0.2, 0.25) is 5.91 Å². The molecular formula is C25H26N4O2. The highest BCUT2D eigenvalue weighted by Crippen LogP contribution is 2.38. The van der Waals surface area contributed by atoms with Gasteiger partial charge in [0, 0.05) is 38.2 Å². The number of aromatic nitrogens is 1. The molecular weight excluding hydrogens is 388 g/mol. The van der Waals surface area contributed by atoms with Crippen LogP contribution in [0.2, 0.25) is 0 Å². The number of aryl methyl sites for hydroxylation is 1. The average molecular weight is 415 g/mol. The molecule has 0 saturated carbocycles. The summed E-state index contributed by atoms with van der Waals surface area (Å²) in [6.07, 6.45) is 1.82.